The Morgan fingerprint density at radius 3 is 1.53 bits per heavy atom. The molecule has 5 aromatic carbocycles. The molecule has 9 aromatic rings. The third-order valence-corrected chi connectivity index (χ3v) is 8.31. The second kappa shape index (κ2) is 9.29. The summed E-state index contributed by atoms with van der Waals surface area (Å²) < 4.78 is 6.83. The fourth-order valence-corrected chi connectivity index (χ4v) is 6.44. The van der Waals surface area contributed by atoms with Crippen molar-refractivity contribution in [2.75, 3.05) is 0 Å². The van der Waals surface area contributed by atoms with E-state index in [1.54, 1.807) is 0 Å². The molecular weight excluding hydrogens is 526 g/mol. The normalized spacial score (nSPS) is 11.7. The van der Waals surface area contributed by atoms with Crippen molar-refractivity contribution < 1.29 is 0 Å². The van der Waals surface area contributed by atoms with Crippen LogP contribution in [0.3, 0.4) is 0 Å². The minimum Gasteiger partial charge on any atom is -0.308 e. The zero-order valence-corrected chi connectivity index (χ0v) is 23.2. The molecule has 43 heavy (non-hydrogen) atoms. The van der Waals surface area contributed by atoms with E-state index in [9.17, 15) is 0 Å². The van der Waals surface area contributed by atoms with Gasteiger partial charge in [-0.1, -0.05) is 103 Å². The van der Waals surface area contributed by atoms with Gasteiger partial charge in [-0.15, -0.1) is 0 Å². The van der Waals surface area contributed by atoms with E-state index in [2.05, 4.69) is 147 Å². The summed E-state index contributed by atoms with van der Waals surface area (Å²) >= 11 is 0. The second-order valence-corrected chi connectivity index (χ2v) is 10.7. The molecule has 0 atom stereocenters. The van der Waals surface area contributed by atoms with E-state index in [0.717, 1.165) is 72.5 Å². The molecule has 0 aliphatic heterocycles. The number of benzene rings is 5. The quantitative estimate of drug-likeness (QED) is 0.219. The summed E-state index contributed by atoms with van der Waals surface area (Å²) in [4.78, 5) is 10.5. The third kappa shape index (κ3) is 3.52. The van der Waals surface area contributed by atoms with Gasteiger partial charge in [-0.2, -0.15) is 0 Å². The van der Waals surface area contributed by atoms with Gasteiger partial charge in [0.15, 0.2) is 0 Å². The summed E-state index contributed by atoms with van der Waals surface area (Å²) in [7, 11) is 0. The highest BCUT2D eigenvalue weighted by molar-refractivity contribution is 6.15. The van der Waals surface area contributed by atoms with Gasteiger partial charge in [0, 0.05) is 27.7 Å². The lowest BCUT2D eigenvalue weighted by Gasteiger charge is -2.14. The van der Waals surface area contributed by atoms with Gasteiger partial charge in [-0.3, -0.25) is 9.13 Å². The van der Waals surface area contributed by atoms with E-state index in [1.165, 1.54) is 0 Å². The summed E-state index contributed by atoms with van der Waals surface area (Å²) in [5.41, 5.74) is 10.5. The maximum Gasteiger partial charge on any atom is 0.220 e. The molecule has 5 nitrogen and oxygen atoms in total. The zero-order valence-electron chi connectivity index (χ0n) is 23.2. The predicted octanol–water partition coefficient (Wildman–Crippen LogP) is 9.13. The van der Waals surface area contributed by atoms with Gasteiger partial charge in [-0.05, 0) is 42.5 Å². The van der Waals surface area contributed by atoms with Gasteiger partial charge in [0.05, 0.1) is 45.0 Å². The maximum atomic E-state index is 5.41. The molecule has 0 spiro atoms. The Labute approximate surface area is 247 Å². The third-order valence-electron chi connectivity index (χ3n) is 8.31. The second-order valence-electron chi connectivity index (χ2n) is 10.7. The Kier molecular flexibility index (Phi) is 5.13. The SMILES string of the molecule is c1ccc(-c2cnc(-n3c4ccccc4c4nc5c6ccccc6n(-c6ccccc6)c5cc43)n2-c2ccccc2)cc1. The minimum absolute atomic E-state index is 0.819. The Morgan fingerprint density at radius 2 is 0.907 bits per heavy atom. The van der Waals surface area contributed by atoms with E-state index in [-0.39, 0.29) is 0 Å². The first-order valence-corrected chi connectivity index (χ1v) is 14.4. The molecule has 0 amide bonds. The Morgan fingerprint density at radius 1 is 0.419 bits per heavy atom. The van der Waals surface area contributed by atoms with Crippen LogP contribution in [0.25, 0.3) is 72.5 Å². The van der Waals surface area contributed by atoms with Crippen molar-refractivity contribution >= 4 is 43.9 Å². The van der Waals surface area contributed by atoms with Crippen LogP contribution in [0.2, 0.25) is 0 Å². The van der Waals surface area contributed by atoms with E-state index < -0.39 is 0 Å². The van der Waals surface area contributed by atoms with Crippen LogP contribution in [0.4, 0.5) is 0 Å². The molecule has 0 fully saturated rings. The van der Waals surface area contributed by atoms with Crippen LogP contribution in [-0.2, 0) is 0 Å². The van der Waals surface area contributed by atoms with Crippen molar-refractivity contribution in [3.63, 3.8) is 0 Å². The summed E-state index contributed by atoms with van der Waals surface area (Å²) in [5, 5.41) is 2.23. The summed E-state index contributed by atoms with van der Waals surface area (Å²) in [6.07, 6.45) is 1.98. The molecule has 4 aromatic heterocycles. The minimum atomic E-state index is 0.819. The Balaban J connectivity index is 1.44. The lowest BCUT2D eigenvalue weighted by Crippen LogP contribution is -2.06. The lowest BCUT2D eigenvalue weighted by molar-refractivity contribution is 0.941. The van der Waals surface area contributed by atoms with Gasteiger partial charge >= 0.3 is 0 Å². The average Bonchev–Trinajstić information content (AvgIpc) is 3.75. The topological polar surface area (TPSA) is 40.6 Å². The van der Waals surface area contributed by atoms with Crippen molar-refractivity contribution in [3.05, 3.63) is 152 Å². The molecule has 0 radical (unpaired) electrons. The smallest absolute Gasteiger partial charge is 0.220 e. The van der Waals surface area contributed by atoms with Crippen LogP contribution in [0, 0.1) is 0 Å². The van der Waals surface area contributed by atoms with Gasteiger partial charge in [0.25, 0.3) is 0 Å². The highest BCUT2D eigenvalue weighted by atomic mass is 15.3. The van der Waals surface area contributed by atoms with Gasteiger partial charge in [0.2, 0.25) is 5.95 Å². The standard InChI is InChI=1S/C38H25N5/c1-4-14-26(15-5-1)35-25-39-38(42(35)28-18-8-3-9-19-28)43-32-23-13-11-21-30(32)37-34(43)24-33-36(40-37)29-20-10-12-22-31(29)41(33)27-16-6-2-7-17-27/h1-25H. The first-order valence-electron chi connectivity index (χ1n) is 14.4. The fourth-order valence-electron chi connectivity index (χ4n) is 6.44. The highest BCUT2D eigenvalue weighted by Crippen LogP contribution is 2.38. The number of fused-ring (bicyclic) bond motifs is 6. The van der Waals surface area contributed by atoms with Gasteiger partial charge in [0.1, 0.15) is 0 Å². The molecule has 0 unspecified atom stereocenters. The van der Waals surface area contributed by atoms with Crippen molar-refractivity contribution in [1.82, 2.24) is 23.7 Å². The number of para-hydroxylation sites is 4. The highest BCUT2D eigenvalue weighted by Gasteiger charge is 2.23. The van der Waals surface area contributed by atoms with Crippen LogP contribution in [0.1, 0.15) is 0 Å². The number of rotatable bonds is 4. The van der Waals surface area contributed by atoms with Crippen LogP contribution >= 0.6 is 0 Å². The average molecular weight is 552 g/mol. The van der Waals surface area contributed by atoms with Crippen molar-refractivity contribution in [3.8, 4) is 28.6 Å². The molecule has 9 rings (SSSR count). The Hall–Kier alpha value is -5.94. The van der Waals surface area contributed by atoms with Crippen LogP contribution in [0.15, 0.2) is 152 Å². The predicted molar refractivity (Wildman–Crippen MR) is 175 cm³/mol. The summed E-state index contributed by atoms with van der Waals surface area (Å²) in [6, 6.07) is 50.8. The molecule has 0 N–H and O–H groups in total. The zero-order chi connectivity index (χ0) is 28.3. The first-order chi connectivity index (χ1) is 21.4. The van der Waals surface area contributed by atoms with Crippen molar-refractivity contribution in [1.29, 1.82) is 0 Å². The first kappa shape index (κ1) is 23.7. The van der Waals surface area contributed by atoms with E-state index >= 15 is 0 Å². The summed E-state index contributed by atoms with van der Waals surface area (Å²) in [5.74, 6) is 0.819. The van der Waals surface area contributed by atoms with E-state index in [1.807, 2.05) is 18.3 Å². The van der Waals surface area contributed by atoms with E-state index in [0.29, 0.717) is 0 Å². The number of aromatic nitrogens is 5. The molecule has 0 aliphatic carbocycles. The lowest BCUT2D eigenvalue weighted by atomic mass is 10.1. The number of pyridine rings is 1. The molecule has 4 heterocycles. The van der Waals surface area contributed by atoms with Gasteiger partial charge in [-0.25, -0.2) is 9.97 Å². The number of hydrogen-bond acceptors (Lipinski definition) is 2. The summed E-state index contributed by atoms with van der Waals surface area (Å²) in [6.45, 7) is 0. The molecule has 202 valence electrons. The van der Waals surface area contributed by atoms with Crippen LogP contribution < -0.4 is 0 Å². The van der Waals surface area contributed by atoms with Crippen molar-refractivity contribution in [2.24, 2.45) is 0 Å². The molecule has 0 aliphatic rings. The molecule has 0 saturated carbocycles. The number of imidazole rings is 1. The maximum absolute atomic E-state index is 5.41. The molecular formula is C38H25N5. The van der Waals surface area contributed by atoms with Gasteiger partial charge < -0.3 is 4.57 Å². The fraction of sp³-hybridized carbons (Fsp3) is 0. The Bertz CT molecular complexity index is 2430. The van der Waals surface area contributed by atoms with Crippen LogP contribution in [0.5, 0.6) is 0 Å². The van der Waals surface area contributed by atoms with Crippen LogP contribution in [-0.4, -0.2) is 23.7 Å². The largest absolute Gasteiger partial charge is 0.308 e. The monoisotopic (exact) mass is 551 g/mol. The molecule has 0 bridgehead atoms. The number of nitrogens with zero attached hydrogens (tertiary/aromatic N) is 5. The molecule has 0 saturated heterocycles. The van der Waals surface area contributed by atoms with E-state index in [4.69, 9.17) is 9.97 Å². The number of hydrogen-bond donors (Lipinski definition) is 0. The van der Waals surface area contributed by atoms with Crippen molar-refractivity contribution in [2.45, 2.75) is 0 Å². The molecule has 5 heteroatoms.